The third kappa shape index (κ3) is 5.18. The number of benzene rings is 4. The lowest BCUT2D eigenvalue weighted by atomic mass is 10.0. The maximum atomic E-state index is 5.18. The smallest absolute Gasteiger partial charge is 0.0711 e. The molecule has 0 unspecified atom stereocenters. The molecule has 0 aliphatic heterocycles. The molecule has 0 fully saturated rings. The van der Waals surface area contributed by atoms with Crippen molar-refractivity contribution < 1.29 is 0 Å². The lowest BCUT2D eigenvalue weighted by Gasteiger charge is -2.10. The number of rotatable bonds is 6. The van der Waals surface area contributed by atoms with Crippen LogP contribution in [0.2, 0.25) is 0 Å². The molecular formula is C28H23N. The van der Waals surface area contributed by atoms with Gasteiger partial charge in [0.1, 0.15) is 0 Å². The van der Waals surface area contributed by atoms with Crippen molar-refractivity contribution in [2.75, 3.05) is 0 Å². The molecule has 4 rings (SSSR count). The van der Waals surface area contributed by atoms with Crippen LogP contribution in [-0.4, -0.2) is 5.71 Å². The summed E-state index contributed by atoms with van der Waals surface area (Å²) in [6.07, 6.45) is 2.94. The number of hydrogen-bond donors (Lipinski definition) is 0. The summed E-state index contributed by atoms with van der Waals surface area (Å²) in [5, 5.41) is 0. The largest absolute Gasteiger partial charge is 0.252 e. The van der Waals surface area contributed by atoms with Crippen LogP contribution in [0.15, 0.2) is 126 Å². The topological polar surface area (TPSA) is 12.4 Å². The van der Waals surface area contributed by atoms with Gasteiger partial charge in [-0.05, 0) is 22.8 Å². The maximum absolute atomic E-state index is 5.18. The first-order valence-corrected chi connectivity index (χ1v) is 9.87. The van der Waals surface area contributed by atoms with E-state index < -0.39 is 0 Å². The summed E-state index contributed by atoms with van der Waals surface area (Å²) >= 11 is 0. The Labute approximate surface area is 172 Å². The van der Waals surface area contributed by atoms with Crippen molar-refractivity contribution in [3.63, 3.8) is 0 Å². The molecule has 0 aliphatic carbocycles. The average molecular weight is 373 g/mol. The van der Waals surface area contributed by atoms with Crippen LogP contribution >= 0.6 is 0 Å². The molecule has 0 N–H and O–H groups in total. The minimum absolute atomic E-state index is 0.782. The molecule has 0 amide bonds. The molecule has 0 aromatic heterocycles. The molecule has 0 heterocycles. The zero-order chi connectivity index (χ0) is 19.7. The van der Waals surface area contributed by atoms with E-state index in [9.17, 15) is 0 Å². The van der Waals surface area contributed by atoms with E-state index in [0.717, 1.165) is 34.5 Å². The van der Waals surface area contributed by atoms with Gasteiger partial charge in [-0.25, -0.2) is 0 Å². The second-order valence-electron chi connectivity index (χ2n) is 6.89. The van der Waals surface area contributed by atoms with E-state index >= 15 is 0 Å². The highest BCUT2D eigenvalue weighted by Gasteiger charge is 2.08. The fourth-order valence-corrected chi connectivity index (χ4v) is 3.27. The first kappa shape index (κ1) is 18.6. The lowest BCUT2D eigenvalue weighted by molar-refractivity contribution is 1.30. The zero-order valence-electron chi connectivity index (χ0n) is 16.3. The van der Waals surface area contributed by atoms with Crippen LogP contribution in [0.3, 0.4) is 0 Å². The Morgan fingerprint density at radius 3 is 1.62 bits per heavy atom. The Morgan fingerprint density at radius 2 is 1.03 bits per heavy atom. The number of hydrogen-bond acceptors (Lipinski definition) is 1. The molecule has 0 atom stereocenters. The van der Waals surface area contributed by atoms with Crippen molar-refractivity contribution in [1.29, 1.82) is 0 Å². The quantitative estimate of drug-likeness (QED) is 0.257. The van der Waals surface area contributed by atoms with Gasteiger partial charge in [-0.15, -0.1) is 0 Å². The zero-order valence-corrected chi connectivity index (χ0v) is 16.3. The van der Waals surface area contributed by atoms with Crippen LogP contribution in [0.1, 0.15) is 22.3 Å². The SMILES string of the molecule is C(=C(N=C(Cc1ccccc1)c1ccccc1)c1ccccc1)c1ccccc1. The minimum Gasteiger partial charge on any atom is -0.252 e. The van der Waals surface area contributed by atoms with Crippen LogP contribution in [0, 0.1) is 0 Å². The summed E-state index contributed by atoms with van der Waals surface area (Å²) < 4.78 is 0. The molecule has 0 saturated heterocycles. The number of nitrogens with zero attached hydrogens (tertiary/aromatic N) is 1. The van der Waals surface area contributed by atoms with Gasteiger partial charge in [0, 0.05) is 12.0 Å². The molecule has 140 valence electrons. The Hall–Kier alpha value is -3.71. The van der Waals surface area contributed by atoms with Crippen molar-refractivity contribution in [1.82, 2.24) is 0 Å². The van der Waals surface area contributed by atoms with Gasteiger partial charge in [0.25, 0.3) is 0 Å². The summed E-state index contributed by atoms with van der Waals surface area (Å²) in [6.45, 7) is 0. The number of aliphatic imine (C=N–C) groups is 1. The Morgan fingerprint density at radius 1 is 0.552 bits per heavy atom. The van der Waals surface area contributed by atoms with Gasteiger partial charge in [0.2, 0.25) is 0 Å². The van der Waals surface area contributed by atoms with Crippen LogP contribution in [-0.2, 0) is 6.42 Å². The molecule has 4 aromatic carbocycles. The van der Waals surface area contributed by atoms with E-state index in [4.69, 9.17) is 4.99 Å². The van der Waals surface area contributed by atoms with E-state index in [-0.39, 0.29) is 0 Å². The van der Waals surface area contributed by atoms with Crippen molar-refractivity contribution in [3.05, 3.63) is 144 Å². The Bertz CT molecular complexity index is 1080. The van der Waals surface area contributed by atoms with Gasteiger partial charge < -0.3 is 0 Å². The molecule has 1 heteroatoms. The Balaban J connectivity index is 1.82. The minimum atomic E-state index is 0.782. The second kappa shape index (κ2) is 9.48. The normalized spacial score (nSPS) is 12.0. The monoisotopic (exact) mass is 373 g/mol. The highest BCUT2D eigenvalue weighted by atomic mass is 14.8. The van der Waals surface area contributed by atoms with Gasteiger partial charge in [-0.3, -0.25) is 4.99 Å². The molecule has 29 heavy (non-hydrogen) atoms. The summed E-state index contributed by atoms with van der Waals surface area (Å²) in [7, 11) is 0. The molecule has 1 nitrogen and oxygen atoms in total. The van der Waals surface area contributed by atoms with E-state index in [1.807, 2.05) is 24.3 Å². The summed E-state index contributed by atoms with van der Waals surface area (Å²) in [5.74, 6) is 0. The first-order valence-electron chi connectivity index (χ1n) is 9.87. The summed E-state index contributed by atoms with van der Waals surface area (Å²) in [6, 6.07) is 41.7. The van der Waals surface area contributed by atoms with Crippen LogP contribution in [0.5, 0.6) is 0 Å². The van der Waals surface area contributed by atoms with Crippen LogP contribution in [0.25, 0.3) is 11.8 Å². The predicted octanol–water partition coefficient (Wildman–Crippen LogP) is 6.92. The lowest BCUT2D eigenvalue weighted by Crippen LogP contribution is -2.06. The average Bonchev–Trinajstić information content (AvgIpc) is 2.81. The predicted molar refractivity (Wildman–Crippen MR) is 124 cm³/mol. The van der Waals surface area contributed by atoms with Crippen LogP contribution in [0.4, 0.5) is 0 Å². The van der Waals surface area contributed by atoms with Gasteiger partial charge in [0.15, 0.2) is 0 Å². The van der Waals surface area contributed by atoms with E-state index in [1.165, 1.54) is 5.56 Å². The fourth-order valence-electron chi connectivity index (χ4n) is 3.27. The van der Waals surface area contributed by atoms with Gasteiger partial charge in [-0.2, -0.15) is 0 Å². The van der Waals surface area contributed by atoms with Crippen molar-refractivity contribution in [2.45, 2.75) is 6.42 Å². The van der Waals surface area contributed by atoms with E-state index in [1.54, 1.807) is 0 Å². The van der Waals surface area contributed by atoms with Crippen molar-refractivity contribution >= 4 is 17.5 Å². The molecule has 0 radical (unpaired) electrons. The van der Waals surface area contributed by atoms with E-state index in [2.05, 4.69) is 103 Å². The van der Waals surface area contributed by atoms with Gasteiger partial charge in [-0.1, -0.05) is 121 Å². The molecule has 4 aromatic rings. The van der Waals surface area contributed by atoms with Crippen molar-refractivity contribution in [2.24, 2.45) is 4.99 Å². The van der Waals surface area contributed by atoms with Crippen LogP contribution < -0.4 is 0 Å². The maximum Gasteiger partial charge on any atom is 0.0711 e. The second-order valence-corrected chi connectivity index (χ2v) is 6.89. The van der Waals surface area contributed by atoms with Crippen molar-refractivity contribution in [3.8, 4) is 0 Å². The van der Waals surface area contributed by atoms with Gasteiger partial charge >= 0.3 is 0 Å². The standard InChI is InChI=1S/C28H23N/c1-5-13-23(14-6-1)21-27(25-17-9-3-10-18-25)29-28(26-19-11-4-12-20-26)22-24-15-7-2-8-16-24/h1-21H,22H2. The molecule has 0 bridgehead atoms. The third-order valence-corrected chi connectivity index (χ3v) is 4.75. The molecule has 0 aliphatic rings. The fraction of sp³-hybridized carbons (Fsp3) is 0.0357. The molecule has 0 saturated carbocycles. The Kier molecular flexibility index (Phi) is 6.09. The highest BCUT2D eigenvalue weighted by Crippen LogP contribution is 2.22. The molecular weight excluding hydrogens is 350 g/mol. The first-order chi connectivity index (χ1) is 14.4. The summed E-state index contributed by atoms with van der Waals surface area (Å²) in [4.78, 5) is 5.18. The summed E-state index contributed by atoms with van der Waals surface area (Å²) in [5.41, 5.74) is 6.67. The van der Waals surface area contributed by atoms with E-state index in [0.29, 0.717) is 0 Å². The highest BCUT2D eigenvalue weighted by molar-refractivity contribution is 6.05. The van der Waals surface area contributed by atoms with Gasteiger partial charge in [0.05, 0.1) is 11.4 Å². The molecule has 0 spiro atoms. The third-order valence-electron chi connectivity index (χ3n) is 4.75.